The first-order valence-corrected chi connectivity index (χ1v) is 9.79. The second-order valence-corrected chi connectivity index (χ2v) is 7.34. The Kier molecular flexibility index (Phi) is 5.35. The summed E-state index contributed by atoms with van der Waals surface area (Å²) in [6, 6.07) is 19.5. The molecule has 3 aromatic rings. The van der Waals surface area contributed by atoms with Crippen molar-refractivity contribution in [3.63, 3.8) is 0 Å². The van der Waals surface area contributed by atoms with E-state index in [-0.39, 0.29) is 11.9 Å². The van der Waals surface area contributed by atoms with Crippen LogP contribution in [0.3, 0.4) is 0 Å². The maximum Gasteiger partial charge on any atom is 0.275 e. The molecule has 1 aliphatic rings. The van der Waals surface area contributed by atoms with Crippen LogP contribution in [0.25, 0.3) is 0 Å². The van der Waals surface area contributed by atoms with Crippen LogP contribution in [0, 0.1) is 0 Å². The zero-order valence-corrected chi connectivity index (χ0v) is 16.5. The van der Waals surface area contributed by atoms with Gasteiger partial charge in [0.1, 0.15) is 17.5 Å². The molecule has 1 aromatic heterocycles. The molecule has 1 amide bonds. The van der Waals surface area contributed by atoms with Crippen molar-refractivity contribution >= 4 is 17.5 Å². The second-order valence-electron chi connectivity index (χ2n) is 6.98. The lowest BCUT2D eigenvalue weighted by atomic mass is 10.1. The van der Waals surface area contributed by atoms with E-state index in [9.17, 15) is 4.79 Å². The quantitative estimate of drug-likeness (QED) is 0.632. The first kappa shape index (κ1) is 18.6. The predicted molar refractivity (Wildman–Crippen MR) is 109 cm³/mol. The van der Waals surface area contributed by atoms with Gasteiger partial charge in [0, 0.05) is 12.1 Å². The summed E-state index contributed by atoms with van der Waals surface area (Å²) >= 11 is 6.53. The Balaban J connectivity index is 1.48. The average Bonchev–Trinajstić information content (AvgIpc) is 3.04. The number of hydrogen-bond donors (Lipinski definition) is 0. The summed E-state index contributed by atoms with van der Waals surface area (Å²) in [7, 11) is 0. The van der Waals surface area contributed by atoms with Gasteiger partial charge in [0.2, 0.25) is 0 Å². The first-order valence-electron chi connectivity index (χ1n) is 9.41. The molecule has 1 unspecified atom stereocenters. The van der Waals surface area contributed by atoms with Gasteiger partial charge in [-0.15, -0.1) is 0 Å². The number of fused-ring (bicyclic) bond motifs is 1. The van der Waals surface area contributed by atoms with Crippen molar-refractivity contribution in [1.82, 2.24) is 14.7 Å². The number of halogens is 1. The largest absolute Gasteiger partial charge is 0.491 e. The van der Waals surface area contributed by atoms with Gasteiger partial charge in [-0.05, 0) is 31.0 Å². The maximum absolute atomic E-state index is 13.0. The summed E-state index contributed by atoms with van der Waals surface area (Å²) in [5.74, 6) is 0.716. The van der Waals surface area contributed by atoms with Crippen LogP contribution in [-0.2, 0) is 13.0 Å². The van der Waals surface area contributed by atoms with Crippen molar-refractivity contribution in [3.8, 4) is 5.75 Å². The molecule has 0 saturated heterocycles. The van der Waals surface area contributed by atoms with Crippen LogP contribution in [-0.4, -0.2) is 39.8 Å². The van der Waals surface area contributed by atoms with E-state index in [1.807, 2.05) is 72.5 Å². The third-order valence-corrected chi connectivity index (χ3v) is 5.41. The molecule has 144 valence electrons. The SMILES string of the molecule is CC(COc1ccccc1)N1CCc2c(nn(Cc3ccccc3)c2Cl)C1=O. The van der Waals surface area contributed by atoms with Gasteiger partial charge in [-0.1, -0.05) is 60.1 Å². The molecule has 0 N–H and O–H groups in total. The van der Waals surface area contributed by atoms with Crippen molar-refractivity contribution in [3.05, 3.63) is 82.6 Å². The highest BCUT2D eigenvalue weighted by Gasteiger charge is 2.33. The number of benzene rings is 2. The minimum Gasteiger partial charge on any atom is -0.491 e. The molecule has 2 heterocycles. The van der Waals surface area contributed by atoms with E-state index in [1.165, 1.54) is 0 Å². The third-order valence-electron chi connectivity index (χ3n) is 4.99. The minimum atomic E-state index is -0.0841. The first-order chi connectivity index (χ1) is 13.6. The van der Waals surface area contributed by atoms with E-state index in [0.717, 1.165) is 16.9 Å². The number of para-hydroxylation sites is 1. The standard InChI is InChI=1S/C22H22ClN3O2/c1-16(15-28-18-10-6-3-7-11-18)25-13-12-19-20(22(25)27)24-26(21(19)23)14-17-8-4-2-5-9-17/h2-11,16H,12-15H2,1H3. The van der Waals surface area contributed by atoms with E-state index >= 15 is 0 Å². The number of aromatic nitrogens is 2. The fraction of sp³-hybridized carbons (Fsp3) is 0.273. The van der Waals surface area contributed by atoms with Gasteiger partial charge in [0.05, 0.1) is 12.6 Å². The third kappa shape index (κ3) is 3.76. The molecule has 6 heteroatoms. The predicted octanol–water partition coefficient (Wildman–Crippen LogP) is 4.05. The number of amides is 1. The molecule has 1 aliphatic heterocycles. The fourth-order valence-corrected chi connectivity index (χ4v) is 3.73. The highest BCUT2D eigenvalue weighted by atomic mass is 35.5. The van der Waals surface area contributed by atoms with Crippen molar-refractivity contribution < 1.29 is 9.53 Å². The monoisotopic (exact) mass is 395 g/mol. The molecule has 0 radical (unpaired) electrons. The molecule has 0 bridgehead atoms. The topological polar surface area (TPSA) is 47.4 Å². The molecular formula is C22H22ClN3O2. The molecule has 28 heavy (non-hydrogen) atoms. The summed E-state index contributed by atoms with van der Waals surface area (Å²) in [6.45, 7) is 3.59. The van der Waals surface area contributed by atoms with Crippen molar-refractivity contribution in [1.29, 1.82) is 0 Å². The number of ether oxygens (including phenoxy) is 1. The molecule has 1 atom stereocenters. The Hall–Kier alpha value is -2.79. The highest BCUT2D eigenvalue weighted by Crippen LogP contribution is 2.27. The van der Waals surface area contributed by atoms with Crippen molar-refractivity contribution in [2.45, 2.75) is 25.9 Å². The zero-order chi connectivity index (χ0) is 19.5. The van der Waals surface area contributed by atoms with Crippen LogP contribution in [0.5, 0.6) is 5.75 Å². The molecule has 4 rings (SSSR count). The minimum absolute atomic E-state index is 0.0566. The second kappa shape index (κ2) is 8.07. The molecule has 5 nitrogen and oxygen atoms in total. The Morgan fingerprint density at radius 1 is 1.11 bits per heavy atom. The Labute approximate surface area is 169 Å². The van der Waals surface area contributed by atoms with Gasteiger partial charge in [-0.2, -0.15) is 5.10 Å². The van der Waals surface area contributed by atoms with E-state index in [4.69, 9.17) is 16.3 Å². The van der Waals surface area contributed by atoms with Crippen LogP contribution in [0.15, 0.2) is 60.7 Å². The molecule has 0 fully saturated rings. The normalized spacial score (nSPS) is 14.6. The van der Waals surface area contributed by atoms with Crippen LogP contribution < -0.4 is 4.74 Å². The van der Waals surface area contributed by atoms with Gasteiger partial charge in [-0.3, -0.25) is 4.79 Å². The van der Waals surface area contributed by atoms with E-state index in [1.54, 1.807) is 4.68 Å². The Morgan fingerprint density at radius 3 is 2.50 bits per heavy atom. The maximum atomic E-state index is 13.0. The summed E-state index contributed by atoms with van der Waals surface area (Å²) in [4.78, 5) is 14.8. The Morgan fingerprint density at radius 2 is 1.79 bits per heavy atom. The van der Waals surface area contributed by atoms with Gasteiger partial charge < -0.3 is 9.64 Å². The number of hydrogen-bond acceptors (Lipinski definition) is 3. The number of rotatable bonds is 6. The summed E-state index contributed by atoms with van der Waals surface area (Å²) < 4.78 is 7.54. The summed E-state index contributed by atoms with van der Waals surface area (Å²) in [6.07, 6.45) is 0.699. The lowest BCUT2D eigenvalue weighted by Gasteiger charge is -2.31. The van der Waals surface area contributed by atoms with E-state index < -0.39 is 0 Å². The van der Waals surface area contributed by atoms with Crippen molar-refractivity contribution in [2.24, 2.45) is 0 Å². The van der Waals surface area contributed by atoms with E-state index in [2.05, 4.69) is 5.10 Å². The molecule has 0 spiro atoms. The average molecular weight is 396 g/mol. The lowest BCUT2D eigenvalue weighted by Crippen LogP contribution is -2.45. The van der Waals surface area contributed by atoms with Crippen LogP contribution >= 0.6 is 11.6 Å². The van der Waals surface area contributed by atoms with Gasteiger partial charge >= 0.3 is 0 Å². The highest BCUT2D eigenvalue weighted by molar-refractivity contribution is 6.31. The summed E-state index contributed by atoms with van der Waals surface area (Å²) in [5.41, 5.74) is 2.40. The number of carbonyl (C=O) groups is 1. The number of carbonyl (C=O) groups excluding carboxylic acids is 1. The van der Waals surface area contributed by atoms with Crippen LogP contribution in [0.4, 0.5) is 0 Å². The van der Waals surface area contributed by atoms with Crippen LogP contribution in [0.2, 0.25) is 5.15 Å². The van der Waals surface area contributed by atoms with Gasteiger partial charge in [0.25, 0.3) is 5.91 Å². The molecular weight excluding hydrogens is 374 g/mol. The van der Waals surface area contributed by atoms with Crippen LogP contribution in [0.1, 0.15) is 28.5 Å². The van der Waals surface area contributed by atoms with Crippen molar-refractivity contribution in [2.75, 3.05) is 13.2 Å². The summed E-state index contributed by atoms with van der Waals surface area (Å²) in [5, 5.41) is 5.09. The molecule has 0 aliphatic carbocycles. The fourth-order valence-electron chi connectivity index (χ4n) is 3.45. The molecule has 2 aromatic carbocycles. The van der Waals surface area contributed by atoms with Gasteiger partial charge in [-0.25, -0.2) is 4.68 Å². The zero-order valence-electron chi connectivity index (χ0n) is 15.7. The van der Waals surface area contributed by atoms with E-state index in [0.29, 0.717) is 37.0 Å². The lowest BCUT2D eigenvalue weighted by molar-refractivity contribution is 0.0610. The number of nitrogens with zero attached hydrogens (tertiary/aromatic N) is 3. The smallest absolute Gasteiger partial charge is 0.275 e. The Bertz CT molecular complexity index is 957. The van der Waals surface area contributed by atoms with Gasteiger partial charge in [0.15, 0.2) is 5.69 Å². The molecule has 0 saturated carbocycles.